The minimum atomic E-state index is -3.61. The highest BCUT2D eigenvalue weighted by molar-refractivity contribution is 7.89. The van der Waals surface area contributed by atoms with Crippen molar-refractivity contribution in [2.24, 2.45) is 0 Å². The quantitative estimate of drug-likeness (QED) is 0.684. The fraction of sp³-hybridized carbons (Fsp3) is 0.167. The molecule has 0 saturated carbocycles. The lowest BCUT2D eigenvalue weighted by Crippen LogP contribution is -2.23. The average molecular weight is 393 g/mol. The maximum Gasteiger partial charge on any atom is 0.241 e. The van der Waals surface area contributed by atoms with E-state index in [1.165, 1.54) is 29.0 Å². The lowest BCUT2D eigenvalue weighted by atomic mass is 10.1. The van der Waals surface area contributed by atoms with Gasteiger partial charge in [0.2, 0.25) is 10.0 Å². The highest BCUT2D eigenvalue weighted by Crippen LogP contribution is 2.22. The Morgan fingerprint density at radius 2 is 1.88 bits per heavy atom. The number of hydrogen-bond donors (Lipinski definition) is 1. The van der Waals surface area contributed by atoms with Crippen LogP contribution in [-0.2, 0) is 23.0 Å². The van der Waals surface area contributed by atoms with Crippen LogP contribution in [0, 0.1) is 6.92 Å². The van der Waals surface area contributed by atoms with E-state index in [1.807, 2.05) is 25.1 Å². The summed E-state index contributed by atoms with van der Waals surface area (Å²) in [5.41, 5.74) is 2.14. The minimum absolute atomic E-state index is 0.151. The van der Waals surface area contributed by atoms with Crippen molar-refractivity contribution in [3.63, 3.8) is 0 Å². The number of aromatic nitrogens is 1. The number of aryl methyl sites for hydroxylation is 1. The van der Waals surface area contributed by atoms with E-state index in [9.17, 15) is 8.42 Å². The molecule has 0 bridgehead atoms. The Balaban J connectivity index is 1.71. The van der Waals surface area contributed by atoms with Gasteiger partial charge in [-0.15, -0.1) is 11.3 Å². The summed E-state index contributed by atoms with van der Waals surface area (Å²) >= 11 is 7.40. The Morgan fingerprint density at radius 3 is 2.60 bits per heavy atom. The van der Waals surface area contributed by atoms with Gasteiger partial charge in [0.25, 0.3) is 0 Å². The molecule has 0 fully saturated rings. The van der Waals surface area contributed by atoms with E-state index < -0.39 is 10.0 Å². The molecule has 0 saturated heterocycles. The number of benzene rings is 2. The summed E-state index contributed by atoms with van der Waals surface area (Å²) in [5.74, 6) is 0. The first-order valence-corrected chi connectivity index (χ1v) is 10.4. The van der Waals surface area contributed by atoms with Gasteiger partial charge in [-0.25, -0.2) is 18.1 Å². The van der Waals surface area contributed by atoms with Crippen LogP contribution in [0.3, 0.4) is 0 Å². The van der Waals surface area contributed by atoms with Crippen LogP contribution < -0.4 is 4.72 Å². The zero-order valence-electron chi connectivity index (χ0n) is 13.6. The molecule has 1 aromatic heterocycles. The summed E-state index contributed by atoms with van der Waals surface area (Å²) in [6, 6.07) is 16.3. The van der Waals surface area contributed by atoms with Crippen LogP contribution in [0.25, 0.3) is 0 Å². The van der Waals surface area contributed by atoms with Crippen LogP contribution in [0.4, 0.5) is 0 Å². The van der Waals surface area contributed by atoms with Crippen molar-refractivity contribution in [1.82, 2.24) is 9.71 Å². The molecule has 4 nitrogen and oxygen atoms in total. The molecule has 0 atom stereocenters. The first-order valence-electron chi connectivity index (χ1n) is 7.68. The molecule has 2 aromatic carbocycles. The molecule has 1 heterocycles. The summed E-state index contributed by atoms with van der Waals surface area (Å²) in [4.78, 5) is 5.78. The van der Waals surface area contributed by atoms with Crippen LogP contribution in [0.15, 0.2) is 59.5 Å². The Morgan fingerprint density at radius 1 is 1.12 bits per heavy atom. The van der Waals surface area contributed by atoms with Gasteiger partial charge in [-0.3, -0.25) is 0 Å². The molecule has 0 unspecified atom stereocenters. The molecular weight excluding hydrogens is 376 g/mol. The maximum absolute atomic E-state index is 12.3. The average Bonchev–Trinajstić information content (AvgIpc) is 2.94. The van der Waals surface area contributed by atoms with E-state index in [1.54, 1.807) is 12.1 Å². The van der Waals surface area contributed by atoms with Gasteiger partial charge in [-0.1, -0.05) is 48.0 Å². The van der Waals surface area contributed by atoms with Crippen molar-refractivity contribution in [3.05, 3.63) is 80.8 Å². The molecule has 0 radical (unpaired) electrons. The molecule has 0 amide bonds. The van der Waals surface area contributed by atoms with Gasteiger partial charge in [-0.2, -0.15) is 0 Å². The fourth-order valence-electron chi connectivity index (χ4n) is 2.38. The van der Waals surface area contributed by atoms with Crippen molar-refractivity contribution in [3.8, 4) is 0 Å². The molecule has 7 heteroatoms. The van der Waals surface area contributed by atoms with Gasteiger partial charge in [0.05, 0.1) is 17.1 Å². The molecule has 130 valence electrons. The van der Waals surface area contributed by atoms with Crippen molar-refractivity contribution in [1.29, 1.82) is 0 Å². The predicted molar refractivity (Wildman–Crippen MR) is 102 cm³/mol. The SMILES string of the molecule is Cc1nc(CNS(=O)(=O)c2cccc(Cl)c2)sc1Cc1ccccc1. The number of thiazole rings is 1. The maximum atomic E-state index is 12.3. The van der Waals surface area contributed by atoms with Crippen LogP contribution in [0.1, 0.15) is 21.1 Å². The number of halogens is 1. The van der Waals surface area contributed by atoms with E-state index >= 15 is 0 Å². The number of sulfonamides is 1. The molecule has 0 aliphatic heterocycles. The van der Waals surface area contributed by atoms with Gasteiger partial charge in [0.15, 0.2) is 0 Å². The molecule has 1 N–H and O–H groups in total. The monoisotopic (exact) mass is 392 g/mol. The second-order valence-corrected chi connectivity index (χ2v) is 8.93. The van der Waals surface area contributed by atoms with Gasteiger partial charge in [-0.05, 0) is 30.7 Å². The summed E-state index contributed by atoms with van der Waals surface area (Å²) in [6.45, 7) is 2.11. The van der Waals surface area contributed by atoms with E-state index in [0.717, 1.165) is 22.0 Å². The molecular formula is C18H17ClN2O2S2. The first-order chi connectivity index (χ1) is 11.9. The largest absolute Gasteiger partial charge is 0.245 e. The lowest BCUT2D eigenvalue weighted by molar-refractivity contribution is 0.581. The second-order valence-electron chi connectivity index (χ2n) is 5.56. The van der Waals surface area contributed by atoms with E-state index in [2.05, 4.69) is 21.8 Å². The van der Waals surface area contributed by atoms with Gasteiger partial charge in [0.1, 0.15) is 5.01 Å². The van der Waals surface area contributed by atoms with Crippen LogP contribution >= 0.6 is 22.9 Å². The number of hydrogen-bond acceptors (Lipinski definition) is 4. The Kier molecular flexibility index (Phi) is 5.54. The number of nitrogens with zero attached hydrogens (tertiary/aromatic N) is 1. The van der Waals surface area contributed by atoms with Crippen LogP contribution in [0.2, 0.25) is 5.02 Å². The third kappa shape index (κ3) is 4.67. The minimum Gasteiger partial charge on any atom is -0.245 e. The Labute approximate surface area is 156 Å². The summed E-state index contributed by atoms with van der Waals surface area (Å²) in [5, 5.41) is 1.13. The lowest BCUT2D eigenvalue weighted by Gasteiger charge is -2.05. The molecule has 0 aliphatic rings. The smallest absolute Gasteiger partial charge is 0.241 e. The van der Waals surface area contributed by atoms with E-state index in [4.69, 9.17) is 11.6 Å². The van der Waals surface area contributed by atoms with Gasteiger partial charge in [0, 0.05) is 16.3 Å². The van der Waals surface area contributed by atoms with Crippen molar-refractivity contribution in [2.45, 2.75) is 24.8 Å². The molecule has 25 heavy (non-hydrogen) atoms. The van der Waals surface area contributed by atoms with Crippen LogP contribution in [-0.4, -0.2) is 13.4 Å². The second kappa shape index (κ2) is 7.66. The Hall–Kier alpha value is -1.73. The topological polar surface area (TPSA) is 59.1 Å². The summed E-state index contributed by atoms with van der Waals surface area (Å²) in [7, 11) is -3.61. The van der Waals surface area contributed by atoms with Crippen molar-refractivity contribution >= 4 is 33.0 Å². The Bertz CT molecular complexity index is 970. The fourth-order valence-corrected chi connectivity index (χ4v) is 4.81. The third-order valence-corrected chi connectivity index (χ3v) is 6.46. The molecule has 0 spiro atoms. The van der Waals surface area contributed by atoms with Gasteiger partial charge < -0.3 is 0 Å². The van der Waals surface area contributed by atoms with Crippen molar-refractivity contribution in [2.75, 3.05) is 0 Å². The van der Waals surface area contributed by atoms with E-state index in [-0.39, 0.29) is 11.4 Å². The standard InChI is InChI=1S/C18H17ClN2O2S2/c1-13-17(10-14-6-3-2-4-7-14)24-18(21-13)12-20-25(22,23)16-9-5-8-15(19)11-16/h2-9,11,20H,10,12H2,1H3. The van der Waals surface area contributed by atoms with E-state index in [0.29, 0.717) is 5.02 Å². The first kappa shape index (κ1) is 18.1. The number of rotatable bonds is 6. The zero-order valence-corrected chi connectivity index (χ0v) is 16.0. The highest BCUT2D eigenvalue weighted by Gasteiger charge is 2.16. The van der Waals surface area contributed by atoms with Crippen molar-refractivity contribution < 1.29 is 8.42 Å². The molecule has 3 rings (SSSR count). The number of nitrogens with one attached hydrogen (secondary N) is 1. The molecule has 0 aliphatic carbocycles. The normalized spacial score (nSPS) is 11.6. The third-order valence-electron chi connectivity index (χ3n) is 3.66. The highest BCUT2D eigenvalue weighted by atomic mass is 35.5. The summed E-state index contributed by atoms with van der Waals surface area (Å²) in [6.07, 6.45) is 0.797. The summed E-state index contributed by atoms with van der Waals surface area (Å²) < 4.78 is 27.3. The predicted octanol–water partition coefficient (Wildman–Crippen LogP) is 4.17. The van der Waals surface area contributed by atoms with Gasteiger partial charge >= 0.3 is 0 Å². The zero-order chi connectivity index (χ0) is 17.9. The van der Waals surface area contributed by atoms with Crippen LogP contribution in [0.5, 0.6) is 0 Å². The molecule has 3 aromatic rings.